The average molecular weight is 406 g/mol. The molecule has 0 amide bonds. The SMILES string of the molecule is COc1ccc(OC)c(Sc2c(C(=O)O)sc3cc(OC)c(OC)cc23)c1. The van der Waals surface area contributed by atoms with E-state index in [2.05, 4.69) is 0 Å². The standard InChI is InChI=1S/C19H18O6S2/c1-22-10-5-6-12(23-2)16(7-10)27-17-11-8-13(24-3)14(25-4)9-15(11)26-18(17)19(20)21/h5-9H,1-4H3,(H,20,21). The molecule has 142 valence electrons. The van der Waals surface area contributed by atoms with Crippen LogP contribution in [0, 0.1) is 0 Å². The summed E-state index contributed by atoms with van der Waals surface area (Å²) in [7, 11) is 6.25. The van der Waals surface area contributed by atoms with Crippen molar-refractivity contribution in [2.75, 3.05) is 28.4 Å². The minimum absolute atomic E-state index is 0.246. The van der Waals surface area contributed by atoms with Gasteiger partial charge in [-0.3, -0.25) is 0 Å². The van der Waals surface area contributed by atoms with Gasteiger partial charge in [0.05, 0.1) is 33.3 Å². The first-order valence-corrected chi connectivity index (χ1v) is 9.47. The van der Waals surface area contributed by atoms with Gasteiger partial charge < -0.3 is 24.1 Å². The lowest BCUT2D eigenvalue weighted by molar-refractivity contribution is 0.0699. The number of carboxylic acids is 1. The number of methoxy groups -OCH3 is 4. The first kappa shape index (κ1) is 19.2. The molecule has 0 radical (unpaired) electrons. The Morgan fingerprint density at radius 1 is 0.926 bits per heavy atom. The zero-order valence-electron chi connectivity index (χ0n) is 15.2. The fraction of sp³-hybridized carbons (Fsp3) is 0.211. The van der Waals surface area contributed by atoms with Crippen molar-refractivity contribution in [3.05, 3.63) is 35.2 Å². The van der Waals surface area contributed by atoms with E-state index in [1.165, 1.54) is 23.1 Å². The van der Waals surface area contributed by atoms with Crippen LogP contribution in [0.25, 0.3) is 10.1 Å². The molecule has 3 aromatic rings. The zero-order chi connectivity index (χ0) is 19.6. The molecule has 8 heteroatoms. The van der Waals surface area contributed by atoms with Crippen LogP contribution in [-0.4, -0.2) is 39.5 Å². The number of aromatic carboxylic acids is 1. The number of ether oxygens (including phenoxy) is 4. The number of carboxylic acid groups (broad SMARTS) is 1. The normalized spacial score (nSPS) is 10.7. The van der Waals surface area contributed by atoms with E-state index < -0.39 is 5.97 Å². The van der Waals surface area contributed by atoms with Crippen LogP contribution in [0.5, 0.6) is 23.0 Å². The van der Waals surface area contributed by atoms with E-state index in [0.29, 0.717) is 27.9 Å². The van der Waals surface area contributed by atoms with Gasteiger partial charge in [0.1, 0.15) is 16.4 Å². The van der Waals surface area contributed by atoms with Gasteiger partial charge in [0.15, 0.2) is 11.5 Å². The molecule has 1 heterocycles. The van der Waals surface area contributed by atoms with E-state index >= 15 is 0 Å². The number of carbonyl (C=O) groups is 1. The molecule has 0 aliphatic heterocycles. The van der Waals surface area contributed by atoms with Crippen LogP contribution in [0.3, 0.4) is 0 Å². The number of hydrogen-bond acceptors (Lipinski definition) is 7. The Bertz CT molecular complexity index is 996. The van der Waals surface area contributed by atoms with Crippen LogP contribution in [0.2, 0.25) is 0 Å². The molecule has 27 heavy (non-hydrogen) atoms. The first-order valence-electron chi connectivity index (χ1n) is 7.84. The van der Waals surface area contributed by atoms with E-state index in [4.69, 9.17) is 18.9 Å². The Kier molecular flexibility index (Phi) is 5.67. The Hall–Kier alpha value is -2.58. The topological polar surface area (TPSA) is 74.2 Å². The molecule has 0 aliphatic carbocycles. The Morgan fingerprint density at radius 3 is 2.19 bits per heavy atom. The molecular weight excluding hydrogens is 388 g/mol. The zero-order valence-corrected chi connectivity index (χ0v) is 16.8. The maximum atomic E-state index is 11.8. The van der Waals surface area contributed by atoms with Crippen molar-refractivity contribution in [3.63, 3.8) is 0 Å². The van der Waals surface area contributed by atoms with Gasteiger partial charge in [0.25, 0.3) is 0 Å². The van der Waals surface area contributed by atoms with Crippen molar-refractivity contribution in [1.82, 2.24) is 0 Å². The smallest absolute Gasteiger partial charge is 0.347 e. The average Bonchev–Trinajstić information content (AvgIpc) is 3.04. The molecule has 0 saturated heterocycles. The lowest BCUT2D eigenvalue weighted by atomic mass is 10.2. The maximum absolute atomic E-state index is 11.8. The molecule has 0 aliphatic rings. The monoisotopic (exact) mass is 406 g/mol. The fourth-order valence-corrected chi connectivity index (χ4v) is 4.98. The third kappa shape index (κ3) is 3.63. The quantitative estimate of drug-likeness (QED) is 0.605. The van der Waals surface area contributed by atoms with Crippen LogP contribution in [0.15, 0.2) is 40.1 Å². The summed E-state index contributed by atoms with van der Waals surface area (Å²) in [5.41, 5.74) is 0. The summed E-state index contributed by atoms with van der Waals surface area (Å²) in [6, 6.07) is 8.99. The molecule has 1 N–H and O–H groups in total. The lowest BCUT2D eigenvalue weighted by Crippen LogP contribution is -1.95. The molecular formula is C19H18O6S2. The van der Waals surface area contributed by atoms with Gasteiger partial charge in [-0.15, -0.1) is 11.3 Å². The van der Waals surface area contributed by atoms with Crippen LogP contribution >= 0.6 is 23.1 Å². The highest BCUT2D eigenvalue weighted by atomic mass is 32.2. The summed E-state index contributed by atoms with van der Waals surface area (Å²) in [6.07, 6.45) is 0. The Balaban J connectivity index is 2.21. The number of fused-ring (bicyclic) bond motifs is 1. The van der Waals surface area contributed by atoms with Crippen molar-refractivity contribution < 1.29 is 28.8 Å². The molecule has 0 fully saturated rings. The van der Waals surface area contributed by atoms with Crippen molar-refractivity contribution >= 4 is 39.2 Å². The van der Waals surface area contributed by atoms with Crippen LogP contribution in [0.4, 0.5) is 0 Å². The minimum atomic E-state index is -0.988. The molecule has 0 bridgehead atoms. The van der Waals surface area contributed by atoms with Gasteiger partial charge in [0.2, 0.25) is 0 Å². The van der Waals surface area contributed by atoms with E-state index in [1.54, 1.807) is 52.7 Å². The first-order chi connectivity index (χ1) is 13.0. The van der Waals surface area contributed by atoms with Crippen molar-refractivity contribution in [3.8, 4) is 23.0 Å². The molecule has 0 unspecified atom stereocenters. The number of benzene rings is 2. The summed E-state index contributed by atoms with van der Waals surface area (Å²) in [4.78, 5) is 13.5. The molecule has 2 aromatic carbocycles. The molecule has 1 aromatic heterocycles. The third-order valence-electron chi connectivity index (χ3n) is 3.93. The molecule has 6 nitrogen and oxygen atoms in total. The molecule has 3 rings (SSSR count). The van der Waals surface area contributed by atoms with Crippen molar-refractivity contribution in [2.45, 2.75) is 9.79 Å². The second-order valence-corrected chi connectivity index (χ2v) is 7.49. The summed E-state index contributed by atoms with van der Waals surface area (Å²) in [5, 5.41) is 10.5. The van der Waals surface area contributed by atoms with Gasteiger partial charge in [-0.1, -0.05) is 11.8 Å². The number of rotatable bonds is 7. The van der Waals surface area contributed by atoms with Gasteiger partial charge in [-0.25, -0.2) is 4.79 Å². The minimum Gasteiger partial charge on any atom is -0.497 e. The van der Waals surface area contributed by atoms with Gasteiger partial charge in [-0.2, -0.15) is 0 Å². The summed E-state index contributed by atoms with van der Waals surface area (Å²) in [6.45, 7) is 0. The van der Waals surface area contributed by atoms with E-state index in [-0.39, 0.29) is 4.88 Å². The maximum Gasteiger partial charge on any atom is 0.347 e. The Labute approximate surface area is 164 Å². The highest BCUT2D eigenvalue weighted by molar-refractivity contribution is 8.00. The molecule has 0 saturated carbocycles. The highest BCUT2D eigenvalue weighted by Crippen LogP contribution is 2.47. The van der Waals surface area contributed by atoms with Crippen molar-refractivity contribution in [1.29, 1.82) is 0 Å². The van der Waals surface area contributed by atoms with Crippen LogP contribution < -0.4 is 18.9 Å². The van der Waals surface area contributed by atoms with E-state index in [9.17, 15) is 9.90 Å². The fourth-order valence-electron chi connectivity index (χ4n) is 2.62. The second-order valence-electron chi connectivity index (χ2n) is 5.39. The summed E-state index contributed by atoms with van der Waals surface area (Å²) in [5.74, 6) is 1.40. The van der Waals surface area contributed by atoms with E-state index in [1.807, 2.05) is 6.07 Å². The van der Waals surface area contributed by atoms with Gasteiger partial charge in [0, 0.05) is 21.0 Å². The second kappa shape index (κ2) is 7.98. The van der Waals surface area contributed by atoms with Crippen LogP contribution in [-0.2, 0) is 0 Å². The molecule has 0 atom stereocenters. The van der Waals surface area contributed by atoms with Gasteiger partial charge in [-0.05, 0) is 24.3 Å². The largest absolute Gasteiger partial charge is 0.497 e. The summed E-state index contributed by atoms with van der Waals surface area (Å²) >= 11 is 2.52. The summed E-state index contributed by atoms with van der Waals surface area (Å²) < 4.78 is 22.2. The van der Waals surface area contributed by atoms with Crippen LogP contribution in [0.1, 0.15) is 9.67 Å². The lowest BCUT2D eigenvalue weighted by Gasteiger charge is -2.11. The highest BCUT2D eigenvalue weighted by Gasteiger charge is 2.22. The predicted octanol–water partition coefficient (Wildman–Crippen LogP) is 4.79. The predicted molar refractivity (Wildman–Crippen MR) is 106 cm³/mol. The van der Waals surface area contributed by atoms with E-state index in [0.717, 1.165) is 15.0 Å². The van der Waals surface area contributed by atoms with Crippen molar-refractivity contribution in [2.24, 2.45) is 0 Å². The number of thiophene rings is 1. The third-order valence-corrected chi connectivity index (χ3v) is 6.36. The molecule has 0 spiro atoms. The Morgan fingerprint density at radius 2 is 1.59 bits per heavy atom. The number of hydrogen-bond donors (Lipinski definition) is 1. The van der Waals surface area contributed by atoms with Gasteiger partial charge >= 0.3 is 5.97 Å².